The van der Waals surface area contributed by atoms with Gasteiger partial charge < -0.3 is 15.0 Å². The Balaban J connectivity index is 2.33. The maximum absolute atomic E-state index is 5.06. The van der Waals surface area contributed by atoms with Crippen LogP contribution in [0, 0.1) is 0 Å². The van der Waals surface area contributed by atoms with Gasteiger partial charge in [0.2, 0.25) is 0 Å². The molecule has 0 aliphatic carbocycles. The topological polar surface area (TPSA) is 24.5 Å². The van der Waals surface area contributed by atoms with Crippen LogP contribution in [0.4, 0.5) is 0 Å². The van der Waals surface area contributed by atoms with Crippen molar-refractivity contribution in [2.75, 3.05) is 33.9 Å². The fourth-order valence-corrected chi connectivity index (χ4v) is 1.90. The summed E-state index contributed by atoms with van der Waals surface area (Å²) in [5.41, 5.74) is 2.72. The molecule has 0 aliphatic rings. The lowest BCUT2D eigenvalue weighted by molar-refractivity contribution is 0.178. The molecule has 0 aromatic heterocycles. The van der Waals surface area contributed by atoms with Crippen LogP contribution in [0.25, 0.3) is 0 Å². The molecule has 1 N–H and O–H groups in total. The number of rotatable bonds is 9. The molecule has 3 nitrogen and oxygen atoms in total. The minimum absolute atomic E-state index is 0.839. The summed E-state index contributed by atoms with van der Waals surface area (Å²) < 4.78 is 5.06. The van der Waals surface area contributed by atoms with Crippen LogP contribution in [0.3, 0.4) is 0 Å². The second kappa shape index (κ2) is 9.09. The van der Waals surface area contributed by atoms with Crippen molar-refractivity contribution in [2.24, 2.45) is 0 Å². The van der Waals surface area contributed by atoms with E-state index in [0.717, 1.165) is 39.2 Å². The second-order valence-electron chi connectivity index (χ2n) is 4.68. The molecule has 1 aromatic rings. The summed E-state index contributed by atoms with van der Waals surface area (Å²) in [4.78, 5) is 2.33. The van der Waals surface area contributed by atoms with Crippen molar-refractivity contribution in [2.45, 2.75) is 26.4 Å². The first-order chi connectivity index (χ1) is 8.76. The standard InChI is InChI=1S/C15H26N2O/c1-4-16-12-14-6-8-15(9-7-14)13-17(2)10-5-11-18-3/h6-9,16H,4-5,10-13H2,1-3H3. The molecule has 0 radical (unpaired) electrons. The predicted octanol–water partition coefficient (Wildman–Crippen LogP) is 2.26. The minimum Gasteiger partial charge on any atom is -0.385 e. The molecular weight excluding hydrogens is 224 g/mol. The van der Waals surface area contributed by atoms with Gasteiger partial charge in [-0.3, -0.25) is 0 Å². The van der Waals surface area contributed by atoms with Crippen molar-refractivity contribution >= 4 is 0 Å². The Morgan fingerprint density at radius 1 is 1.17 bits per heavy atom. The van der Waals surface area contributed by atoms with E-state index >= 15 is 0 Å². The highest BCUT2D eigenvalue weighted by Gasteiger charge is 2.00. The van der Waals surface area contributed by atoms with Crippen LogP contribution in [-0.2, 0) is 17.8 Å². The molecule has 0 unspecified atom stereocenters. The number of nitrogens with zero attached hydrogens (tertiary/aromatic N) is 1. The van der Waals surface area contributed by atoms with E-state index in [-0.39, 0.29) is 0 Å². The zero-order chi connectivity index (χ0) is 13.2. The lowest BCUT2D eigenvalue weighted by Gasteiger charge is -2.16. The van der Waals surface area contributed by atoms with Gasteiger partial charge in [-0.2, -0.15) is 0 Å². The molecule has 0 fully saturated rings. The van der Waals surface area contributed by atoms with Crippen molar-refractivity contribution in [3.63, 3.8) is 0 Å². The largest absolute Gasteiger partial charge is 0.385 e. The average molecular weight is 250 g/mol. The van der Waals surface area contributed by atoms with Gasteiger partial charge in [0, 0.05) is 33.4 Å². The lowest BCUT2D eigenvalue weighted by atomic mass is 10.1. The van der Waals surface area contributed by atoms with Gasteiger partial charge in [-0.25, -0.2) is 0 Å². The smallest absolute Gasteiger partial charge is 0.0474 e. The van der Waals surface area contributed by atoms with E-state index in [1.165, 1.54) is 11.1 Å². The molecule has 0 heterocycles. The van der Waals surface area contributed by atoms with Gasteiger partial charge in [0.25, 0.3) is 0 Å². The molecule has 18 heavy (non-hydrogen) atoms. The van der Waals surface area contributed by atoms with E-state index < -0.39 is 0 Å². The number of methoxy groups -OCH3 is 1. The van der Waals surface area contributed by atoms with Crippen molar-refractivity contribution in [3.05, 3.63) is 35.4 Å². The lowest BCUT2D eigenvalue weighted by Crippen LogP contribution is -2.20. The Kier molecular flexibility index (Phi) is 7.65. The van der Waals surface area contributed by atoms with Crippen molar-refractivity contribution in [3.8, 4) is 0 Å². The molecular formula is C15H26N2O. The van der Waals surface area contributed by atoms with Crippen molar-refractivity contribution in [1.82, 2.24) is 10.2 Å². The zero-order valence-corrected chi connectivity index (χ0v) is 11.9. The quantitative estimate of drug-likeness (QED) is 0.680. The molecule has 1 rings (SSSR count). The third-order valence-corrected chi connectivity index (χ3v) is 2.94. The Morgan fingerprint density at radius 2 is 1.83 bits per heavy atom. The van der Waals surface area contributed by atoms with Crippen LogP contribution >= 0.6 is 0 Å². The number of hydrogen-bond acceptors (Lipinski definition) is 3. The molecule has 1 aromatic carbocycles. The summed E-state index contributed by atoms with van der Waals surface area (Å²) in [5.74, 6) is 0. The normalized spacial score (nSPS) is 11.1. The Bertz CT molecular complexity index is 311. The summed E-state index contributed by atoms with van der Waals surface area (Å²) in [5, 5.41) is 3.33. The van der Waals surface area contributed by atoms with Gasteiger partial charge >= 0.3 is 0 Å². The number of ether oxygens (including phenoxy) is 1. The van der Waals surface area contributed by atoms with Crippen LogP contribution in [0.5, 0.6) is 0 Å². The highest BCUT2D eigenvalue weighted by Crippen LogP contribution is 2.07. The molecule has 0 amide bonds. The monoisotopic (exact) mass is 250 g/mol. The second-order valence-corrected chi connectivity index (χ2v) is 4.68. The Labute approximate surface area is 111 Å². The maximum atomic E-state index is 5.06. The Morgan fingerprint density at radius 3 is 2.44 bits per heavy atom. The maximum Gasteiger partial charge on any atom is 0.0474 e. The summed E-state index contributed by atoms with van der Waals surface area (Å²) in [6, 6.07) is 8.86. The molecule has 0 spiro atoms. The van der Waals surface area contributed by atoms with E-state index in [0.29, 0.717) is 0 Å². The van der Waals surface area contributed by atoms with Gasteiger partial charge in [0.1, 0.15) is 0 Å². The van der Waals surface area contributed by atoms with Crippen LogP contribution in [0.1, 0.15) is 24.5 Å². The van der Waals surface area contributed by atoms with E-state index in [1.54, 1.807) is 7.11 Å². The zero-order valence-electron chi connectivity index (χ0n) is 11.9. The molecule has 0 saturated carbocycles. The molecule has 0 saturated heterocycles. The molecule has 102 valence electrons. The van der Waals surface area contributed by atoms with E-state index in [9.17, 15) is 0 Å². The fourth-order valence-electron chi connectivity index (χ4n) is 1.90. The highest BCUT2D eigenvalue weighted by atomic mass is 16.5. The minimum atomic E-state index is 0.839. The van der Waals surface area contributed by atoms with Gasteiger partial charge in [0.15, 0.2) is 0 Å². The molecule has 0 aliphatic heterocycles. The van der Waals surface area contributed by atoms with Gasteiger partial charge in [0.05, 0.1) is 0 Å². The highest BCUT2D eigenvalue weighted by molar-refractivity contribution is 5.22. The van der Waals surface area contributed by atoms with Crippen LogP contribution < -0.4 is 5.32 Å². The molecule has 0 atom stereocenters. The van der Waals surface area contributed by atoms with Gasteiger partial charge in [-0.1, -0.05) is 31.2 Å². The number of nitrogens with one attached hydrogen (secondary N) is 1. The molecule has 3 heteroatoms. The van der Waals surface area contributed by atoms with E-state index in [1.807, 2.05) is 0 Å². The Hall–Kier alpha value is -0.900. The predicted molar refractivity (Wildman–Crippen MR) is 76.6 cm³/mol. The van der Waals surface area contributed by atoms with Crippen molar-refractivity contribution in [1.29, 1.82) is 0 Å². The van der Waals surface area contributed by atoms with E-state index in [4.69, 9.17) is 4.74 Å². The van der Waals surface area contributed by atoms with Crippen LogP contribution in [-0.4, -0.2) is 38.8 Å². The summed E-state index contributed by atoms with van der Waals surface area (Å²) in [7, 11) is 3.91. The van der Waals surface area contributed by atoms with Crippen molar-refractivity contribution < 1.29 is 4.74 Å². The fraction of sp³-hybridized carbons (Fsp3) is 0.600. The first-order valence-electron chi connectivity index (χ1n) is 6.72. The first-order valence-corrected chi connectivity index (χ1v) is 6.72. The SMILES string of the molecule is CCNCc1ccc(CN(C)CCCOC)cc1. The molecule has 0 bridgehead atoms. The van der Waals surface area contributed by atoms with Crippen LogP contribution in [0.15, 0.2) is 24.3 Å². The summed E-state index contributed by atoms with van der Waals surface area (Å²) in [6.45, 7) is 7.03. The number of benzene rings is 1. The number of hydrogen-bond donors (Lipinski definition) is 1. The van der Waals surface area contributed by atoms with Crippen LogP contribution in [0.2, 0.25) is 0 Å². The third-order valence-electron chi connectivity index (χ3n) is 2.94. The third kappa shape index (κ3) is 6.15. The van der Waals surface area contributed by atoms with E-state index in [2.05, 4.69) is 48.5 Å². The average Bonchev–Trinajstić information content (AvgIpc) is 2.38. The summed E-state index contributed by atoms with van der Waals surface area (Å²) >= 11 is 0. The first kappa shape index (κ1) is 15.2. The summed E-state index contributed by atoms with van der Waals surface area (Å²) in [6.07, 6.45) is 1.09. The van der Waals surface area contributed by atoms with Gasteiger partial charge in [-0.15, -0.1) is 0 Å². The van der Waals surface area contributed by atoms with Gasteiger partial charge in [-0.05, 0) is 31.1 Å².